The zero-order valence-corrected chi connectivity index (χ0v) is 32.8. The van der Waals surface area contributed by atoms with E-state index in [-0.39, 0.29) is 0 Å². The number of hydrogen-bond acceptors (Lipinski definition) is 1. The molecule has 0 aliphatic carbocycles. The monoisotopic (exact) mass is 742 g/mol. The number of benzene rings is 8. The van der Waals surface area contributed by atoms with Gasteiger partial charge in [0, 0.05) is 21.5 Å². The van der Waals surface area contributed by atoms with Gasteiger partial charge >= 0.3 is 0 Å². The molecule has 10 rings (SSSR count). The molecule has 4 nitrogen and oxygen atoms in total. The van der Waals surface area contributed by atoms with Crippen LogP contribution in [0.25, 0.3) is 93.2 Å². The molecule has 2 heterocycles. The standard InChI is InChI=1S/C54H38N4/c1-33-23-34(2)26-41(25-33)38-17-19-46-44-13-6-8-15-48(44)57(51(46)30-38)50-22-21-43(40-12-10-11-37(29-40)32-55)54(53(50)56-5)58-49-16-9-7-14-45(49)47-20-18-39(31-52(47)58)42-27-35(3)24-36(4)28-42/h6-31H,1-4H3. The van der Waals surface area contributed by atoms with Crippen LogP contribution in [0.1, 0.15) is 27.8 Å². The maximum Gasteiger partial charge on any atom is 0.234 e. The number of hydrogen-bond donors (Lipinski definition) is 0. The first kappa shape index (κ1) is 34.8. The molecule has 10 aromatic rings. The molecule has 0 radical (unpaired) electrons. The molecule has 4 heteroatoms. The van der Waals surface area contributed by atoms with E-state index in [2.05, 4.69) is 181 Å². The fourth-order valence-corrected chi connectivity index (χ4v) is 9.16. The highest BCUT2D eigenvalue weighted by Gasteiger charge is 2.25. The maximum atomic E-state index is 10.0. The first-order chi connectivity index (χ1) is 28.3. The van der Waals surface area contributed by atoms with Gasteiger partial charge in [0.1, 0.15) is 0 Å². The second-order valence-electron chi connectivity index (χ2n) is 15.6. The average molecular weight is 743 g/mol. The molecule has 0 amide bonds. The van der Waals surface area contributed by atoms with Crippen molar-refractivity contribution in [3.05, 3.63) is 197 Å². The molecule has 8 aromatic carbocycles. The van der Waals surface area contributed by atoms with Crippen LogP contribution in [0.5, 0.6) is 0 Å². The van der Waals surface area contributed by atoms with Crippen LogP contribution < -0.4 is 0 Å². The van der Waals surface area contributed by atoms with Crippen molar-refractivity contribution in [3.8, 4) is 50.8 Å². The Hall–Kier alpha value is -7.66. The molecule has 274 valence electrons. The summed E-state index contributed by atoms with van der Waals surface area (Å²) in [5, 5.41) is 14.5. The number of nitriles is 1. The van der Waals surface area contributed by atoms with E-state index in [0.717, 1.165) is 82.8 Å². The van der Waals surface area contributed by atoms with Gasteiger partial charge in [-0.15, -0.1) is 0 Å². The third-order valence-corrected chi connectivity index (χ3v) is 11.5. The SMILES string of the molecule is [C-]#[N+]c1c(-n2c3ccccc3c3ccc(-c4cc(C)cc(C)c4)cc32)ccc(-c2cccc(C#N)c2)c1-n1c2ccccc2c2ccc(-c3cc(C)cc(C)c3)cc21. The molecule has 0 aliphatic heterocycles. The number of aromatic nitrogens is 2. The largest absolute Gasteiger partial charge is 0.319 e. The van der Waals surface area contributed by atoms with E-state index >= 15 is 0 Å². The Morgan fingerprint density at radius 2 is 0.966 bits per heavy atom. The quantitative estimate of drug-likeness (QED) is 0.162. The summed E-state index contributed by atoms with van der Waals surface area (Å²) in [5.74, 6) is 0. The Balaban J connectivity index is 1.34. The Morgan fingerprint density at radius 1 is 0.448 bits per heavy atom. The van der Waals surface area contributed by atoms with Gasteiger partial charge in [-0.25, -0.2) is 4.85 Å². The lowest BCUT2D eigenvalue weighted by Gasteiger charge is -2.20. The molecular weight excluding hydrogens is 705 g/mol. The lowest BCUT2D eigenvalue weighted by atomic mass is 9.98. The van der Waals surface area contributed by atoms with E-state index < -0.39 is 0 Å². The summed E-state index contributed by atoms with van der Waals surface area (Å²) < 4.78 is 4.56. The van der Waals surface area contributed by atoms with E-state index in [0.29, 0.717) is 11.3 Å². The van der Waals surface area contributed by atoms with Gasteiger partial charge in [0.2, 0.25) is 5.69 Å². The number of nitrogens with zero attached hydrogens (tertiary/aromatic N) is 4. The van der Waals surface area contributed by atoms with Crippen LogP contribution in [0.4, 0.5) is 5.69 Å². The van der Waals surface area contributed by atoms with E-state index in [9.17, 15) is 5.26 Å². The van der Waals surface area contributed by atoms with Crippen LogP contribution in [-0.4, -0.2) is 9.13 Å². The summed E-state index contributed by atoms with van der Waals surface area (Å²) in [7, 11) is 0. The van der Waals surface area contributed by atoms with Gasteiger partial charge in [-0.3, -0.25) is 0 Å². The van der Waals surface area contributed by atoms with Gasteiger partial charge in [-0.1, -0.05) is 138 Å². The van der Waals surface area contributed by atoms with Crippen LogP contribution in [0.3, 0.4) is 0 Å². The molecular formula is C54H38N4. The van der Waals surface area contributed by atoms with Crippen molar-refractivity contribution in [1.29, 1.82) is 5.26 Å². The minimum atomic E-state index is 0.527. The van der Waals surface area contributed by atoms with Crippen LogP contribution in [0.2, 0.25) is 0 Å². The van der Waals surface area contributed by atoms with E-state index in [1.54, 1.807) is 0 Å². The molecule has 0 aliphatic rings. The number of fused-ring (bicyclic) bond motifs is 6. The summed E-state index contributed by atoms with van der Waals surface area (Å²) >= 11 is 0. The average Bonchev–Trinajstić information content (AvgIpc) is 3.74. The predicted octanol–water partition coefficient (Wildman–Crippen LogP) is 14.5. The lowest BCUT2D eigenvalue weighted by molar-refractivity contribution is 1.15. The summed E-state index contributed by atoms with van der Waals surface area (Å²) in [6.07, 6.45) is 0. The van der Waals surface area contributed by atoms with Crippen LogP contribution in [0.15, 0.2) is 158 Å². The van der Waals surface area contributed by atoms with Crippen molar-refractivity contribution in [2.75, 3.05) is 0 Å². The third-order valence-electron chi connectivity index (χ3n) is 11.5. The van der Waals surface area contributed by atoms with Crippen LogP contribution >= 0.6 is 0 Å². The second kappa shape index (κ2) is 13.5. The van der Waals surface area contributed by atoms with Crippen molar-refractivity contribution in [2.45, 2.75) is 27.7 Å². The van der Waals surface area contributed by atoms with E-state index in [1.807, 2.05) is 24.3 Å². The van der Waals surface area contributed by atoms with Crippen molar-refractivity contribution >= 4 is 49.3 Å². The normalized spacial score (nSPS) is 11.4. The molecule has 0 saturated heterocycles. The topological polar surface area (TPSA) is 38.0 Å². The molecule has 0 saturated carbocycles. The molecule has 0 unspecified atom stereocenters. The van der Waals surface area contributed by atoms with Gasteiger partial charge < -0.3 is 9.13 Å². The highest BCUT2D eigenvalue weighted by molar-refractivity contribution is 6.13. The lowest BCUT2D eigenvalue weighted by Crippen LogP contribution is -2.03. The molecule has 0 N–H and O–H groups in total. The molecule has 0 fully saturated rings. The Labute approximate surface area is 337 Å². The zero-order chi connectivity index (χ0) is 39.7. The number of aryl methyl sites for hydroxylation is 4. The summed E-state index contributed by atoms with van der Waals surface area (Å²) in [6, 6.07) is 58.0. The minimum absolute atomic E-state index is 0.527. The smallest absolute Gasteiger partial charge is 0.234 e. The van der Waals surface area contributed by atoms with Gasteiger partial charge in [0.05, 0.1) is 51.6 Å². The predicted molar refractivity (Wildman–Crippen MR) is 241 cm³/mol. The van der Waals surface area contributed by atoms with Gasteiger partial charge in [-0.05, 0) is 104 Å². The van der Waals surface area contributed by atoms with Crippen LogP contribution in [-0.2, 0) is 0 Å². The minimum Gasteiger partial charge on any atom is -0.319 e. The summed E-state index contributed by atoms with van der Waals surface area (Å²) in [6.45, 7) is 17.7. The molecule has 58 heavy (non-hydrogen) atoms. The maximum absolute atomic E-state index is 10.0. The first-order valence-corrected chi connectivity index (χ1v) is 19.6. The molecule has 0 bridgehead atoms. The first-order valence-electron chi connectivity index (χ1n) is 19.6. The zero-order valence-electron chi connectivity index (χ0n) is 32.8. The second-order valence-corrected chi connectivity index (χ2v) is 15.6. The van der Waals surface area contributed by atoms with Crippen molar-refractivity contribution in [2.24, 2.45) is 0 Å². The molecule has 2 aromatic heterocycles. The van der Waals surface area contributed by atoms with E-state index in [4.69, 9.17) is 6.57 Å². The number of para-hydroxylation sites is 2. The summed E-state index contributed by atoms with van der Waals surface area (Å²) in [4.78, 5) is 4.49. The Morgan fingerprint density at radius 3 is 1.52 bits per heavy atom. The van der Waals surface area contributed by atoms with Gasteiger partial charge in [0.25, 0.3) is 0 Å². The highest BCUT2D eigenvalue weighted by Crippen LogP contribution is 2.46. The Kier molecular flexibility index (Phi) is 8.11. The fourth-order valence-electron chi connectivity index (χ4n) is 9.16. The van der Waals surface area contributed by atoms with E-state index in [1.165, 1.54) is 27.8 Å². The Bertz CT molecular complexity index is 3370. The fraction of sp³-hybridized carbons (Fsp3) is 0.0741. The third kappa shape index (κ3) is 5.58. The van der Waals surface area contributed by atoms with Crippen molar-refractivity contribution < 1.29 is 0 Å². The summed E-state index contributed by atoms with van der Waals surface area (Å²) in [5.41, 5.74) is 17.9. The number of rotatable bonds is 5. The van der Waals surface area contributed by atoms with Gasteiger partial charge in [-0.2, -0.15) is 5.26 Å². The van der Waals surface area contributed by atoms with Crippen LogP contribution in [0, 0.1) is 45.6 Å². The van der Waals surface area contributed by atoms with Gasteiger partial charge in [0.15, 0.2) is 0 Å². The molecule has 0 atom stereocenters. The molecule has 0 spiro atoms. The van der Waals surface area contributed by atoms with Crippen molar-refractivity contribution in [1.82, 2.24) is 9.13 Å². The highest BCUT2D eigenvalue weighted by atomic mass is 15.1. The van der Waals surface area contributed by atoms with Crippen molar-refractivity contribution in [3.63, 3.8) is 0 Å².